The van der Waals surface area contributed by atoms with E-state index in [1.165, 1.54) is 7.11 Å². The number of methoxy groups -OCH3 is 1. The Morgan fingerprint density at radius 3 is 2.68 bits per heavy atom. The largest absolute Gasteiger partial charge is 0.469 e. The van der Waals surface area contributed by atoms with Crippen molar-refractivity contribution < 1.29 is 9.53 Å². The maximum atomic E-state index is 11.4. The average Bonchev–Trinajstić information content (AvgIpc) is 2.64. The Morgan fingerprint density at radius 1 is 1.58 bits per heavy atom. The molecule has 6 heteroatoms. The van der Waals surface area contributed by atoms with Gasteiger partial charge in [-0.3, -0.25) is 14.4 Å². The van der Waals surface area contributed by atoms with Gasteiger partial charge in [0.15, 0.2) is 0 Å². The molecule has 0 aliphatic carbocycles. The molecule has 1 aromatic heterocycles. The fourth-order valence-corrected chi connectivity index (χ4v) is 2.80. The Morgan fingerprint density at radius 2 is 2.21 bits per heavy atom. The molecular weight excluding hydrogens is 310 g/mol. The van der Waals surface area contributed by atoms with Crippen molar-refractivity contribution in [3.63, 3.8) is 0 Å². The first kappa shape index (κ1) is 16.2. The second kappa shape index (κ2) is 7.05. The fourth-order valence-electron chi connectivity index (χ4n) is 2.06. The number of aromatic nitrogens is 2. The van der Waals surface area contributed by atoms with E-state index in [4.69, 9.17) is 4.74 Å². The van der Waals surface area contributed by atoms with Crippen LogP contribution in [0.1, 0.15) is 25.2 Å². The molecule has 0 radical (unpaired) electrons. The van der Waals surface area contributed by atoms with Crippen molar-refractivity contribution in [1.29, 1.82) is 0 Å². The second-order valence-corrected chi connectivity index (χ2v) is 5.60. The van der Waals surface area contributed by atoms with E-state index < -0.39 is 0 Å². The van der Waals surface area contributed by atoms with E-state index in [-0.39, 0.29) is 11.9 Å². The van der Waals surface area contributed by atoms with Crippen LogP contribution in [0.15, 0.2) is 4.47 Å². The Bertz CT molecular complexity index is 445. The molecule has 0 saturated heterocycles. The minimum atomic E-state index is -0.176. The lowest BCUT2D eigenvalue weighted by atomic mass is 10.1. The van der Waals surface area contributed by atoms with Crippen molar-refractivity contribution in [3.05, 3.63) is 15.9 Å². The molecule has 19 heavy (non-hydrogen) atoms. The number of carbonyl (C=O) groups is 1. The van der Waals surface area contributed by atoms with Gasteiger partial charge in [-0.15, -0.1) is 0 Å². The van der Waals surface area contributed by atoms with E-state index in [0.717, 1.165) is 28.8 Å². The van der Waals surface area contributed by atoms with Crippen molar-refractivity contribution in [3.8, 4) is 0 Å². The summed E-state index contributed by atoms with van der Waals surface area (Å²) in [4.78, 5) is 13.5. The Balaban J connectivity index is 2.69. The number of hydrogen-bond acceptors (Lipinski definition) is 4. The number of ether oxygens (including phenoxy) is 1. The molecule has 1 unspecified atom stereocenters. The Labute approximate surface area is 123 Å². The van der Waals surface area contributed by atoms with E-state index in [1.54, 1.807) is 0 Å². The Hall–Kier alpha value is -0.880. The summed E-state index contributed by atoms with van der Waals surface area (Å²) in [6, 6.07) is 0. The second-order valence-electron chi connectivity index (χ2n) is 4.81. The van der Waals surface area contributed by atoms with Crippen LogP contribution < -0.4 is 0 Å². The molecule has 0 N–H and O–H groups in total. The first-order valence-electron chi connectivity index (χ1n) is 6.37. The van der Waals surface area contributed by atoms with Crippen LogP contribution in [0.3, 0.4) is 0 Å². The molecule has 0 fully saturated rings. The molecule has 0 aromatic carbocycles. The lowest BCUT2D eigenvalue weighted by Crippen LogP contribution is -2.29. The van der Waals surface area contributed by atoms with Gasteiger partial charge in [0.2, 0.25) is 0 Å². The monoisotopic (exact) mass is 331 g/mol. The molecule has 0 bridgehead atoms. The molecule has 5 nitrogen and oxygen atoms in total. The van der Waals surface area contributed by atoms with Gasteiger partial charge in [0.05, 0.1) is 28.9 Å². The zero-order chi connectivity index (χ0) is 14.6. The van der Waals surface area contributed by atoms with Gasteiger partial charge in [0.1, 0.15) is 0 Å². The highest BCUT2D eigenvalue weighted by molar-refractivity contribution is 9.10. The third kappa shape index (κ3) is 4.04. The van der Waals surface area contributed by atoms with Crippen LogP contribution in [-0.4, -0.2) is 41.4 Å². The number of nitrogens with zero attached hydrogens (tertiary/aromatic N) is 3. The highest BCUT2D eigenvalue weighted by Gasteiger charge is 2.18. The fraction of sp³-hybridized carbons (Fsp3) is 0.692. The summed E-state index contributed by atoms with van der Waals surface area (Å²) in [6.07, 6.45) is 0.900. The Kier molecular flexibility index (Phi) is 6.00. The smallest absolute Gasteiger partial charge is 0.309 e. The molecule has 1 rings (SSSR count). The highest BCUT2D eigenvalue weighted by atomic mass is 79.9. The van der Waals surface area contributed by atoms with E-state index in [2.05, 4.69) is 32.9 Å². The number of aryl methyl sites for hydroxylation is 2. The molecule has 1 aromatic rings. The van der Waals surface area contributed by atoms with Gasteiger partial charge >= 0.3 is 5.97 Å². The molecule has 1 heterocycles. The van der Waals surface area contributed by atoms with E-state index in [1.807, 2.05) is 25.7 Å². The van der Waals surface area contributed by atoms with Crippen LogP contribution in [0.4, 0.5) is 0 Å². The lowest BCUT2D eigenvalue weighted by molar-refractivity contribution is -0.145. The van der Waals surface area contributed by atoms with Crippen molar-refractivity contribution in [2.45, 2.75) is 26.8 Å². The first-order chi connectivity index (χ1) is 8.90. The lowest BCUT2D eigenvalue weighted by Gasteiger charge is -2.20. The summed E-state index contributed by atoms with van der Waals surface area (Å²) in [5.74, 6) is -0.308. The topological polar surface area (TPSA) is 47.4 Å². The summed E-state index contributed by atoms with van der Waals surface area (Å²) in [5.41, 5.74) is 2.18. The van der Waals surface area contributed by atoms with Crippen LogP contribution in [0, 0.1) is 5.92 Å². The summed E-state index contributed by atoms with van der Waals surface area (Å²) in [5, 5.41) is 4.46. The van der Waals surface area contributed by atoms with Gasteiger partial charge in [0.25, 0.3) is 0 Å². The predicted molar refractivity (Wildman–Crippen MR) is 77.8 cm³/mol. The van der Waals surface area contributed by atoms with E-state index in [9.17, 15) is 4.79 Å². The van der Waals surface area contributed by atoms with E-state index >= 15 is 0 Å². The number of esters is 1. The van der Waals surface area contributed by atoms with Crippen molar-refractivity contribution in [2.75, 3.05) is 20.7 Å². The van der Waals surface area contributed by atoms with Gasteiger partial charge in [-0.05, 0) is 29.4 Å². The zero-order valence-electron chi connectivity index (χ0n) is 12.2. The third-order valence-corrected chi connectivity index (χ3v) is 4.03. The van der Waals surface area contributed by atoms with Crippen LogP contribution >= 0.6 is 15.9 Å². The van der Waals surface area contributed by atoms with Gasteiger partial charge < -0.3 is 4.74 Å². The SMILES string of the molecule is CCc1nn(C)c(CN(C)CC(C)C(=O)OC)c1Br. The molecule has 0 spiro atoms. The van der Waals surface area contributed by atoms with Gasteiger partial charge in [0, 0.05) is 20.1 Å². The number of hydrogen-bond donors (Lipinski definition) is 0. The van der Waals surface area contributed by atoms with Gasteiger partial charge in [-0.25, -0.2) is 0 Å². The predicted octanol–water partition coefficient (Wildman–Crippen LogP) is 1.99. The van der Waals surface area contributed by atoms with Crippen LogP contribution in [0.25, 0.3) is 0 Å². The molecule has 0 aliphatic rings. The average molecular weight is 332 g/mol. The van der Waals surface area contributed by atoms with Gasteiger partial charge in [-0.2, -0.15) is 5.10 Å². The first-order valence-corrected chi connectivity index (χ1v) is 7.16. The number of carbonyl (C=O) groups excluding carboxylic acids is 1. The zero-order valence-corrected chi connectivity index (χ0v) is 13.8. The highest BCUT2D eigenvalue weighted by Crippen LogP contribution is 2.22. The van der Waals surface area contributed by atoms with Crippen molar-refractivity contribution in [1.82, 2.24) is 14.7 Å². The van der Waals surface area contributed by atoms with Crippen molar-refractivity contribution in [2.24, 2.45) is 13.0 Å². The molecular formula is C13H22BrN3O2. The van der Waals surface area contributed by atoms with Crippen LogP contribution in [0.2, 0.25) is 0 Å². The van der Waals surface area contributed by atoms with Crippen molar-refractivity contribution >= 4 is 21.9 Å². The summed E-state index contributed by atoms with van der Waals surface area (Å²) in [6.45, 7) is 5.36. The minimum absolute atomic E-state index is 0.132. The standard InChI is InChI=1S/C13H22BrN3O2/c1-6-10-12(14)11(17(4)15-10)8-16(3)7-9(2)13(18)19-5/h9H,6-8H2,1-5H3. The molecule has 108 valence electrons. The summed E-state index contributed by atoms with van der Waals surface area (Å²) in [7, 11) is 5.35. The summed E-state index contributed by atoms with van der Waals surface area (Å²) >= 11 is 3.60. The number of halogens is 1. The maximum Gasteiger partial charge on any atom is 0.309 e. The molecule has 0 saturated carbocycles. The molecule has 0 aliphatic heterocycles. The maximum absolute atomic E-state index is 11.4. The third-order valence-electron chi connectivity index (χ3n) is 3.11. The quantitative estimate of drug-likeness (QED) is 0.748. The normalized spacial score (nSPS) is 12.8. The number of rotatable bonds is 6. The van der Waals surface area contributed by atoms with Crippen LogP contribution in [-0.2, 0) is 29.5 Å². The summed E-state index contributed by atoms with van der Waals surface area (Å²) < 4.78 is 7.70. The van der Waals surface area contributed by atoms with E-state index in [0.29, 0.717) is 6.54 Å². The van der Waals surface area contributed by atoms with Gasteiger partial charge in [-0.1, -0.05) is 13.8 Å². The minimum Gasteiger partial charge on any atom is -0.469 e. The van der Waals surface area contributed by atoms with Crippen LogP contribution in [0.5, 0.6) is 0 Å². The molecule has 1 atom stereocenters. The molecule has 0 amide bonds.